The van der Waals surface area contributed by atoms with Gasteiger partial charge in [0.1, 0.15) is 24.0 Å². The highest BCUT2D eigenvalue weighted by atomic mass is 32.2. The van der Waals surface area contributed by atoms with Crippen LogP contribution in [0.5, 0.6) is 5.75 Å². The number of nitrogens with zero attached hydrogens (tertiary/aromatic N) is 5. The number of amides is 3. The Morgan fingerprint density at radius 2 is 1.52 bits per heavy atom. The number of ether oxygens (including phenoxy) is 3. The maximum atomic E-state index is 13.4. The van der Waals surface area contributed by atoms with Crippen molar-refractivity contribution < 1.29 is 23.8 Å². The van der Waals surface area contributed by atoms with Gasteiger partial charge in [-0.1, -0.05) is 62.7 Å². The summed E-state index contributed by atoms with van der Waals surface area (Å²) in [5.74, 6) is 3.86. The molecule has 60 heavy (non-hydrogen) atoms. The number of morpholine rings is 2. The summed E-state index contributed by atoms with van der Waals surface area (Å²) in [6.07, 6.45) is 1.67. The van der Waals surface area contributed by atoms with Crippen molar-refractivity contribution in [1.29, 1.82) is 0 Å². The van der Waals surface area contributed by atoms with Gasteiger partial charge in [0.2, 0.25) is 5.91 Å². The molecule has 5 aromatic rings. The molecule has 0 saturated carbocycles. The number of aromatic nitrogens is 3. The summed E-state index contributed by atoms with van der Waals surface area (Å²) in [6, 6.07) is 24.7. The lowest BCUT2D eigenvalue weighted by Crippen LogP contribution is -2.37. The number of carbonyl (C=O) groups is 2. The first-order valence-corrected chi connectivity index (χ1v) is 22.3. The molecule has 15 heteroatoms. The third-order valence-corrected chi connectivity index (χ3v) is 11.2. The highest BCUT2D eigenvalue weighted by Crippen LogP contribution is 2.33. The molecule has 3 N–H and O–H groups in total. The maximum absolute atomic E-state index is 13.4. The molecule has 2 aliphatic heterocycles. The van der Waals surface area contributed by atoms with E-state index in [1.807, 2.05) is 85.8 Å². The fourth-order valence-electron chi connectivity index (χ4n) is 6.62. The lowest BCUT2D eigenvalue weighted by atomic mass is 9.92. The van der Waals surface area contributed by atoms with Gasteiger partial charge in [0, 0.05) is 79.2 Å². The number of thioether (sulfide) groups is 1. The first-order chi connectivity index (χ1) is 29.1. The van der Waals surface area contributed by atoms with Crippen LogP contribution in [0.3, 0.4) is 0 Å². The molecule has 2 saturated heterocycles. The quantitative estimate of drug-likeness (QED) is 0.0658. The summed E-state index contributed by atoms with van der Waals surface area (Å²) >= 11 is 5.76. The summed E-state index contributed by atoms with van der Waals surface area (Å²) in [6.45, 7) is 18.0. The molecule has 0 unspecified atom stereocenters. The number of benzene rings is 3. The summed E-state index contributed by atoms with van der Waals surface area (Å²) in [5.41, 5.74) is 4.17. The zero-order chi connectivity index (χ0) is 42.3. The number of rotatable bonds is 14. The molecular formula is C45H58N8O5S2. The van der Waals surface area contributed by atoms with E-state index >= 15 is 0 Å². The molecule has 2 aliphatic rings. The van der Waals surface area contributed by atoms with Gasteiger partial charge in [0.15, 0.2) is 0 Å². The summed E-state index contributed by atoms with van der Waals surface area (Å²) in [4.78, 5) is 35.1. The van der Waals surface area contributed by atoms with Crippen LogP contribution >= 0.6 is 24.4 Å². The Morgan fingerprint density at radius 1 is 0.833 bits per heavy atom. The SMILES string of the molecule is Cc1ccc(-n2nc(C(C)(C)C)cc2NC(=O)Nc2ccc(OCc3ccnc(NC(=O)CSCCN4CCOCC4)c3)c3ccccc23)cc1.SCCN1CCOCC1. The lowest BCUT2D eigenvalue weighted by Gasteiger charge is -2.26. The number of pyridine rings is 1. The fraction of sp³-hybridized carbons (Fsp3) is 0.422. The highest BCUT2D eigenvalue weighted by Gasteiger charge is 2.22. The van der Waals surface area contributed by atoms with Crippen LogP contribution < -0.4 is 20.7 Å². The van der Waals surface area contributed by atoms with Crippen molar-refractivity contribution in [2.75, 3.05) is 98.9 Å². The molecule has 7 rings (SSSR count). The second-order valence-electron chi connectivity index (χ2n) is 15.7. The van der Waals surface area contributed by atoms with Crippen LogP contribution in [0.4, 0.5) is 22.1 Å². The van der Waals surface area contributed by atoms with E-state index in [1.54, 1.807) is 22.6 Å². The van der Waals surface area contributed by atoms with E-state index in [2.05, 4.69) is 64.1 Å². The molecule has 0 bridgehead atoms. The Morgan fingerprint density at radius 3 is 2.20 bits per heavy atom. The Hall–Kier alpha value is -4.64. The van der Waals surface area contributed by atoms with Crippen LogP contribution in [0.1, 0.15) is 37.6 Å². The van der Waals surface area contributed by atoms with Crippen molar-refractivity contribution in [3.63, 3.8) is 0 Å². The Balaban J connectivity index is 0.000000594. The molecule has 3 amide bonds. The van der Waals surface area contributed by atoms with Gasteiger partial charge in [-0.05, 0) is 48.9 Å². The summed E-state index contributed by atoms with van der Waals surface area (Å²) in [5, 5.41) is 15.5. The molecule has 0 radical (unpaired) electrons. The second kappa shape index (κ2) is 22.3. The van der Waals surface area contributed by atoms with Gasteiger partial charge < -0.3 is 24.8 Å². The largest absolute Gasteiger partial charge is 0.488 e. The third-order valence-electron chi connectivity index (χ3n) is 10.0. The number of fused-ring (bicyclic) bond motifs is 1. The Labute approximate surface area is 363 Å². The summed E-state index contributed by atoms with van der Waals surface area (Å²) in [7, 11) is 0. The average molecular weight is 855 g/mol. The van der Waals surface area contributed by atoms with Crippen molar-refractivity contribution in [3.8, 4) is 11.4 Å². The number of urea groups is 1. The number of hydrogen-bond donors (Lipinski definition) is 4. The predicted octanol–water partition coefficient (Wildman–Crippen LogP) is 7.50. The topological polar surface area (TPSA) is 135 Å². The van der Waals surface area contributed by atoms with Crippen molar-refractivity contribution in [3.05, 3.63) is 102 Å². The van der Waals surface area contributed by atoms with Gasteiger partial charge in [0.05, 0.1) is 49.2 Å². The molecule has 3 aromatic carbocycles. The van der Waals surface area contributed by atoms with Crippen LogP contribution in [-0.4, -0.2) is 119 Å². The Bertz CT molecular complexity index is 2150. The van der Waals surface area contributed by atoms with Crippen LogP contribution in [0.15, 0.2) is 85.1 Å². The van der Waals surface area contributed by atoms with Crippen LogP contribution in [0.2, 0.25) is 0 Å². The zero-order valence-electron chi connectivity index (χ0n) is 35.1. The van der Waals surface area contributed by atoms with E-state index in [-0.39, 0.29) is 24.0 Å². The normalized spacial score (nSPS) is 14.9. The fourth-order valence-corrected chi connectivity index (χ4v) is 7.69. The molecular weight excluding hydrogens is 797 g/mol. The van der Waals surface area contributed by atoms with Crippen molar-refractivity contribution in [1.82, 2.24) is 24.6 Å². The number of anilines is 3. The average Bonchev–Trinajstić information content (AvgIpc) is 3.68. The molecule has 13 nitrogen and oxygen atoms in total. The first kappa shape index (κ1) is 44.9. The van der Waals surface area contributed by atoms with E-state index in [4.69, 9.17) is 19.3 Å². The smallest absolute Gasteiger partial charge is 0.324 e. The van der Waals surface area contributed by atoms with E-state index < -0.39 is 0 Å². The summed E-state index contributed by atoms with van der Waals surface area (Å²) < 4.78 is 18.6. The minimum absolute atomic E-state index is 0.0834. The van der Waals surface area contributed by atoms with Crippen LogP contribution in [0, 0.1) is 6.92 Å². The third kappa shape index (κ3) is 13.4. The lowest BCUT2D eigenvalue weighted by molar-refractivity contribution is -0.113. The van der Waals surface area contributed by atoms with Gasteiger partial charge in [-0.3, -0.25) is 19.9 Å². The molecule has 4 heterocycles. The zero-order valence-corrected chi connectivity index (χ0v) is 36.8. The predicted molar refractivity (Wildman–Crippen MR) is 246 cm³/mol. The van der Waals surface area contributed by atoms with E-state index in [9.17, 15) is 9.59 Å². The molecule has 0 spiro atoms. The van der Waals surface area contributed by atoms with Gasteiger partial charge in [-0.25, -0.2) is 14.5 Å². The van der Waals surface area contributed by atoms with Gasteiger partial charge >= 0.3 is 6.03 Å². The molecule has 0 atom stereocenters. The maximum Gasteiger partial charge on any atom is 0.324 e. The van der Waals surface area contributed by atoms with Crippen molar-refractivity contribution in [2.45, 2.75) is 39.7 Å². The molecule has 0 aliphatic carbocycles. The van der Waals surface area contributed by atoms with Crippen molar-refractivity contribution >= 4 is 64.4 Å². The highest BCUT2D eigenvalue weighted by molar-refractivity contribution is 7.99. The minimum Gasteiger partial charge on any atom is -0.488 e. The Kier molecular flexibility index (Phi) is 16.7. The second-order valence-corrected chi connectivity index (χ2v) is 17.3. The first-order valence-electron chi connectivity index (χ1n) is 20.5. The van der Waals surface area contributed by atoms with Gasteiger partial charge in [-0.15, -0.1) is 0 Å². The monoisotopic (exact) mass is 854 g/mol. The minimum atomic E-state index is -0.385. The van der Waals surface area contributed by atoms with Crippen molar-refractivity contribution in [2.24, 2.45) is 0 Å². The number of aryl methyl sites for hydroxylation is 1. The van der Waals surface area contributed by atoms with E-state index in [0.29, 0.717) is 28.8 Å². The van der Waals surface area contributed by atoms with E-state index in [1.165, 1.54) is 0 Å². The number of nitrogens with one attached hydrogen (secondary N) is 3. The number of carbonyl (C=O) groups excluding carboxylic acids is 2. The molecule has 320 valence electrons. The standard InChI is InChI=1S/C39H45N7O4S.C6H13NOS/c1-27-9-11-29(12-10-27)46-36(24-34(44-46)39(2,3)4)43-38(48)41-32-13-14-33(31-8-6-5-7-30(31)32)50-25-28-15-16-40-35(23-28)42-37(47)26-51-22-19-45-17-20-49-21-18-45;9-6-3-7-1-4-8-5-2-7/h5-16,23-24H,17-22,25-26H2,1-4H3,(H,40,42,47)(H2,41,43,48);9H,1-6H2. The number of thiol groups is 1. The van der Waals surface area contributed by atoms with Crippen LogP contribution in [0.25, 0.3) is 16.5 Å². The van der Waals surface area contributed by atoms with Crippen LogP contribution in [-0.2, 0) is 26.3 Å². The van der Waals surface area contributed by atoms with Gasteiger partial charge in [0.25, 0.3) is 0 Å². The molecule has 2 fully saturated rings. The number of hydrogen-bond acceptors (Lipinski definition) is 11. The van der Waals surface area contributed by atoms with E-state index in [0.717, 1.165) is 110 Å². The molecule has 2 aromatic heterocycles. The van der Waals surface area contributed by atoms with Gasteiger partial charge in [-0.2, -0.15) is 29.5 Å².